The van der Waals surface area contributed by atoms with Gasteiger partial charge in [0.15, 0.2) is 0 Å². The third-order valence-corrected chi connectivity index (χ3v) is 3.12. The van der Waals surface area contributed by atoms with Crippen molar-refractivity contribution in [1.82, 2.24) is 20.1 Å². The number of rotatable bonds is 4. The Hall–Kier alpha value is -2.60. The normalized spacial score (nSPS) is 13.8. The second-order valence-electron chi connectivity index (χ2n) is 4.90. The summed E-state index contributed by atoms with van der Waals surface area (Å²) in [4.78, 5) is 12.3. The number of benzene rings is 1. The molecule has 3 aromatic rings. The molecular formula is C15H14N4O2. The van der Waals surface area contributed by atoms with Gasteiger partial charge in [0.05, 0.1) is 12.0 Å². The summed E-state index contributed by atoms with van der Waals surface area (Å²) in [5, 5.41) is 14.4. The maximum absolute atomic E-state index is 10.6. The van der Waals surface area contributed by atoms with E-state index < -0.39 is 5.60 Å². The van der Waals surface area contributed by atoms with Crippen LogP contribution in [0.2, 0.25) is 0 Å². The van der Waals surface area contributed by atoms with Crippen molar-refractivity contribution < 1.29 is 9.63 Å². The van der Waals surface area contributed by atoms with Crippen LogP contribution in [0.4, 0.5) is 0 Å². The lowest BCUT2D eigenvalue weighted by Gasteiger charge is -2.21. The fourth-order valence-electron chi connectivity index (χ4n) is 2.03. The van der Waals surface area contributed by atoms with Crippen molar-refractivity contribution in [2.45, 2.75) is 18.9 Å². The van der Waals surface area contributed by atoms with Gasteiger partial charge in [-0.3, -0.25) is 0 Å². The monoisotopic (exact) mass is 282 g/mol. The Morgan fingerprint density at radius 1 is 1.05 bits per heavy atom. The predicted molar refractivity (Wildman–Crippen MR) is 75.0 cm³/mol. The van der Waals surface area contributed by atoms with Gasteiger partial charge in [0.2, 0.25) is 17.5 Å². The van der Waals surface area contributed by atoms with Crippen molar-refractivity contribution in [3.63, 3.8) is 0 Å². The van der Waals surface area contributed by atoms with Crippen LogP contribution in [0.25, 0.3) is 11.6 Å². The molecule has 0 aliphatic carbocycles. The Morgan fingerprint density at radius 3 is 2.48 bits per heavy atom. The van der Waals surface area contributed by atoms with Crippen molar-refractivity contribution >= 4 is 0 Å². The third kappa shape index (κ3) is 2.95. The summed E-state index contributed by atoms with van der Waals surface area (Å²) in [6.45, 7) is 1.71. The zero-order valence-electron chi connectivity index (χ0n) is 11.5. The zero-order chi connectivity index (χ0) is 14.7. The van der Waals surface area contributed by atoms with Gasteiger partial charge in [0, 0.05) is 12.4 Å². The summed E-state index contributed by atoms with van der Waals surface area (Å²) in [5.41, 5.74) is -0.288. The van der Waals surface area contributed by atoms with Crippen LogP contribution < -0.4 is 0 Å². The molecule has 1 aromatic carbocycles. The molecule has 0 bridgehead atoms. The van der Waals surface area contributed by atoms with Crippen molar-refractivity contribution in [1.29, 1.82) is 0 Å². The van der Waals surface area contributed by atoms with E-state index in [2.05, 4.69) is 20.1 Å². The number of hydrogen-bond acceptors (Lipinski definition) is 6. The van der Waals surface area contributed by atoms with Gasteiger partial charge in [-0.1, -0.05) is 35.5 Å². The fraction of sp³-hybridized carbons (Fsp3) is 0.200. The highest BCUT2D eigenvalue weighted by Crippen LogP contribution is 2.25. The Kier molecular flexibility index (Phi) is 3.45. The molecule has 0 spiro atoms. The molecule has 6 heteroatoms. The highest BCUT2D eigenvalue weighted by Gasteiger charge is 2.26. The van der Waals surface area contributed by atoms with Gasteiger partial charge in [-0.25, -0.2) is 9.97 Å². The van der Waals surface area contributed by atoms with Crippen LogP contribution in [0, 0.1) is 0 Å². The highest BCUT2D eigenvalue weighted by molar-refractivity contribution is 5.40. The Morgan fingerprint density at radius 2 is 1.76 bits per heavy atom. The smallest absolute Gasteiger partial charge is 0.240 e. The molecule has 0 saturated carbocycles. The minimum absolute atomic E-state index is 0.219. The van der Waals surface area contributed by atoms with Gasteiger partial charge in [-0.15, -0.1) is 0 Å². The molecule has 1 unspecified atom stereocenters. The second-order valence-corrected chi connectivity index (χ2v) is 4.90. The molecule has 3 rings (SSSR count). The lowest BCUT2D eigenvalue weighted by Crippen LogP contribution is -2.24. The Labute approximate surface area is 121 Å². The second kappa shape index (κ2) is 5.41. The Balaban J connectivity index is 1.82. The van der Waals surface area contributed by atoms with E-state index in [-0.39, 0.29) is 6.42 Å². The van der Waals surface area contributed by atoms with E-state index in [1.165, 1.54) is 0 Å². The molecule has 1 atom stereocenters. The van der Waals surface area contributed by atoms with Crippen LogP contribution in [-0.4, -0.2) is 25.2 Å². The first-order chi connectivity index (χ1) is 10.1. The average molecular weight is 282 g/mol. The standard InChI is InChI=1S/C15H14N4O2/c1-15(20,11-6-3-2-4-7-11)10-12-18-14(19-21-12)13-16-8-5-9-17-13/h2-9,20H,10H2,1H3. The largest absolute Gasteiger partial charge is 0.385 e. The topological polar surface area (TPSA) is 84.9 Å². The van der Waals surface area contributed by atoms with Crippen LogP contribution in [0.1, 0.15) is 18.4 Å². The van der Waals surface area contributed by atoms with Crippen molar-refractivity contribution in [3.8, 4) is 11.6 Å². The SMILES string of the molecule is CC(O)(Cc1nc(-c2ncccn2)no1)c1ccccc1. The fourth-order valence-corrected chi connectivity index (χ4v) is 2.03. The van der Waals surface area contributed by atoms with Gasteiger partial charge in [0.1, 0.15) is 0 Å². The summed E-state index contributed by atoms with van der Waals surface area (Å²) in [5.74, 6) is 1.05. The number of aliphatic hydroxyl groups is 1. The summed E-state index contributed by atoms with van der Waals surface area (Å²) in [6, 6.07) is 11.1. The minimum Gasteiger partial charge on any atom is -0.385 e. The summed E-state index contributed by atoms with van der Waals surface area (Å²) >= 11 is 0. The third-order valence-electron chi connectivity index (χ3n) is 3.12. The van der Waals surface area contributed by atoms with E-state index in [4.69, 9.17) is 4.52 Å². The van der Waals surface area contributed by atoms with E-state index in [0.29, 0.717) is 17.5 Å². The van der Waals surface area contributed by atoms with E-state index in [9.17, 15) is 5.11 Å². The highest BCUT2D eigenvalue weighted by atomic mass is 16.5. The number of aromatic nitrogens is 4. The van der Waals surface area contributed by atoms with Crippen LogP contribution in [-0.2, 0) is 12.0 Å². The van der Waals surface area contributed by atoms with Gasteiger partial charge in [0.25, 0.3) is 0 Å². The lowest BCUT2D eigenvalue weighted by atomic mass is 9.93. The minimum atomic E-state index is -1.08. The van der Waals surface area contributed by atoms with Crippen molar-refractivity contribution in [2.24, 2.45) is 0 Å². The van der Waals surface area contributed by atoms with Gasteiger partial charge in [-0.2, -0.15) is 4.98 Å². The molecule has 1 N–H and O–H groups in total. The number of hydrogen-bond donors (Lipinski definition) is 1. The van der Waals surface area contributed by atoms with E-state index >= 15 is 0 Å². The van der Waals surface area contributed by atoms with E-state index in [1.807, 2.05) is 30.3 Å². The van der Waals surface area contributed by atoms with E-state index in [0.717, 1.165) is 5.56 Å². The maximum atomic E-state index is 10.6. The summed E-state index contributed by atoms with van der Waals surface area (Å²) in [6.07, 6.45) is 3.44. The van der Waals surface area contributed by atoms with Crippen LogP contribution in [0.5, 0.6) is 0 Å². The first-order valence-corrected chi connectivity index (χ1v) is 6.53. The van der Waals surface area contributed by atoms with E-state index in [1.54, 1.807) is 25.4 Å². The molecule has 106 valence electrons. The number of nitrogens with zero attached hydrogens (tertiary/aromatic N) is 4. The quantitative estimate of drug-likeness (QED) is 0.787. The molecular weight excluding hydrogens is 268 g/mol. The predicted octanol–water partition coefficient (Wildman–Crippen LogP) is 1.98. The van der Waals surface area contributed by atoms with Gasteiger partial charge < -0.3 is 9.63 Å². The molecule has 2 aromatic heterocycles. The lowest BCUT2D eigenvalue weighted by molar-refractivity contribution is 0.0490. The molecule has 0 amide bonds. The van der Waals surface area contributed by atoms with Gasteiger partial charge >= 0.3 is 0 Å². The molecule has 2 heterocycles. The molecule has 0 radical (unpaired) electrons. The van der Waals surface area contributed by atoms with Gasteiger partial charge in [-0.05, 0) is 18.6 Å². The van der Waals surface area contributed by atoms with Crippen molar-refractivity contribution in [3.05, 3.63) is 60.2 Å². The summed E-state index contributed by atoms with van der Waals surface area (Å²) in [7, 11) is 0. The average Bonchev–Trinajstić information content (AvgIpc) is 2.97. The first-order valence-electron chi connectivity index (χ1n) is 6.53. The molecule has 0 aliphatic rings. The van der Waals surface area contributed by atoms with Crippen molar-refractivity contribution in [2.75, 3.05) is 0 Å². The molecule has 0 fully saturated rings. The zero-order valence-corrected chi connectivity index (χ0v) is 11.5. The van der Waals surface area contributed by atoms with Crippen LogP contribution >= 0.6 is 0 Å². The Bertz CT molecular complexity index is 711. The molecule has 0 saturated heterocycles. The first kappa shape index (κ1) is 13.4. The maximum Gasteiger partial charge on any atom is 0.240 e. The molecule has 6 nitrogen and oxygen atoms in total. The molecule has 21 heavy (non-hydrogen) atoms. The molecule has 0 aliphatic heterocycles. The van der Waals surface area contributed by atoms with Crippen LogP contribution in [0.3, 0.4) is 0 Å². The van der Waals surface area contributed by atoms with Crippen LogP contribution in [0.15, 0.2) is 53.3 Å². The summed E-state index contributed by atoms with van der Waals surface area (Å²) < 4.78 is 5.18.